The van der Waals surface area contributed by atoms with E-state index in [-0.39, 0.29) is 23.1 Å². The Morgan fingerprint density at radius 1 is 1.16 bits per heavy atom. The highest BCUT2D eigenvalue weighted by Crippen LogP contribution is 2.36. The Balaban J connectivity index is 2.05. The summed E-state index contributed by atoms with van der Waals surface area (Å²) in [7, 11) is 0.548. The zero-order valence-electron chi connectivity index (χ0n) is 19.0. The minimum absolute atomic E-state index is 0.168. The predicted octanol–water partition coefficient (Wildman–Crippen LogP) is 2.60. The molecule has 1 aromatic rings. The molecule has 1 fully saturated rings. The molecule has 1 aliphatic heterocycles. The van der Waals surface area contributed by atoms with Gasteiger partial charge in [-0.05, 0) is 52.1 Å². The average Bonchev–Trinajstić information content (AvgIpc) is 2.93. The van der Waals surface area contributed by atoms with Gasteiger partial charge in [-0.2, -0.15) is 0 Å². The number of unbranched alkanes of at least 4 members (excludes halogenated alkanes) is 1. The molecule has 2 rings (SSSR count). The highest BCUT2D eigenvalue weighted by Gasteiger charge is 2.52. The Hall–Kier alpha value is -2.46. The number of nitrogens with one attached hydrogen (secondary N) is 1. The summed E-state index contributed by atoms with van der Waals surface area (Å²) < 4.78 is 16.6. The molecule has 1 saturated heterocycles. The van der Waals surface area contributed by atoms with Gasteiger partial charge in [-0.15, -0.1) is 0 Å². The number of hydrogen-bond donors (Lipinski definition) is 1. The van der Waals surface area contributed by atoms with Crippen molar-refractivity contribution in [3.05, 3.63) is 33.9 Å². The van der Waals surface area contributed by atoms with Crippen molar-refractivity contribution in [3.8, 4) is 0 Å². The lowest BCUT2D eigenvalue weighted by Crippen LogP contribution is -2.41. The fourth-order valence-electron chi connectivity index (χ4n) is 3.18. The molecule has 1 unspecified atom stereocenters. The number of methoxy groups -OCH3 is 1. The first kappa shape index (κ1) is 24.8. The molecular weight excluding hydrogens is 403 g/mol. The molecule has 0 bridgehead atoms. The van der Waals surface area contributed by atoms with Gasteiger partial charge >= 0.3 is 13.1 Å². The fraction of sp³-hybridized carbons (Fsp3) is 0.619. The monoisotopic (exact) mass is 434 g/mol. The molecule has 10 heteroatoms. The molecule has 0 saturated carbocycles. The van der Waals surface area contributed by atoms with E-state index in [9.17, 15) is 19.7 Å². The lowest BCUT2D eigenvalue weighted by atomic mass is 9.78. The van der Waals surface area contributed by atoms with Gasteiger partial charge in [0, 0.05) is 24.2 Å². The summed E-state index contributed by atoms with van der Waals surface area (Å²) in [4.78, 5) is 34.9. The zero-order chi connectivity index (χ0) is 23.4. The van der Waals surface area contributed by atoms with Crippen molar-refractivity contribution in [1.29, 1.82) is 0 Å². The van der Waals surface area contributed by atoms with Crippen LogP contribution in [0.25, 0.3) is 0 Å². The van der Waals surface area contributed by atoms with E-state index in [4.69, 9.17) is 14.0 Å². The molecule has 0 radical (unpaired) electrons. The Labute approximate surface area is 183 Å². The van der Waals surface area contributed by atoms with Gasteiger partial charge < -0.3 is 19.4 Å². The van der Waals surface area contributed by atoms with Gasteiger partial charge in [0.15, 0.2) is 0 Å². The first-order valence-electron chi connectivity index (χ1n) is 10.4. The molecule has 1 aliphatic rings. The predicted molar refractivity (Wildman–Crippen MR) is 116 cm³/mol. The van der Waals surface area contributed by atoms with E-state index in [1.165, 1.54) is 19.2 Å². The molecule has 0 aliphatic carbocycles. The summed E-state index contributed by atoms with van der Waals surface area (Å²) in [6, 6.07) is 4.17. The minimum atomic E-state index is -0.809. The third-order valence-electron chi connectivity index (χ3n) is 5.89. The zero-order valence-corrected chi connectivity index (χ0v) is 19.0. The third-order valence-corrected chi connectivity index (χ3v) is 5.89. The first-order valence-corrected chi connectivity index (χ1v) is 10.4. The SMILES string of the molecule is COC(=O)C(C)CCCCNC(=O)c1cc(B2OC(C)(C)C(C)(C)O2)cc([N+](=O)[O-])c1. The van der Waals surface area contributed by atoms with Crippen molar-refractivity contribution in [2.75, 3.05) is 13.7 Å². The number of carbonyl (C=O) groups is 2. The van der Waals surface area contributed by atoms with Crippen LogP contribution in [0.3, 0.4) is 0 Å². The maximum absolute atomic E-state index is 12.6. The van der Waals surface area contributed by atoms with Gasteiger partial charge in [0.05, 0.1) is 29.2 Å². The van der Waals surface area contributed by atoms with Crippen molar-refractivity contribution < 1.29 is 28.6 Å². The summed E-state index contributed by atoms with van der Waals surface area (Å²) in [5.74, 6) is -0.863. The number of carbonyl (C=O) groups excluding carboxylic acids is 2. The molecule has 31 heavy (non-hydrogen) atoms. The van der Waals surface area contributed by atoms with E-state index < -0.39 is 29.2 Å². The van der Waals surface area contributed by atoms with Crippen molar-refractivity contribution in [1.82, 2.24) is 5.32 Å². The largest absolute Gasteiger partial charge is 0.495 e. The van der Waals surface area contributed by atoms with E-state index in [0.29, 0.717) is 24.8 Å². The van der Waals surface area contributed by atoms with Crippen LogP contribution in [0.4, 0.5) is 5.69 Å². The smallest absolute Gasteiger partial charge is 0.469 e. The van der Waals surface area contributed by atoms with Crippen molar-refractivity contribution >= 4 is 30.1 Å². The molecule has 0 aromatic heterocycles. The molecule has 170 valence electrons. The summed E-state index contributed by atoms with van der Waals surface area (Å²) in [5, 5.41) is 14.2. The Kier molecular flexibility index (Phi) is 7.83. The van der Waals surface area contributed by atoms with E-state index in [1.54, 1.807) is 13.0 Å². The summed E-state index contributed by atoms with van der Waals surface area (Å²) in [6.45, 7) is 9.74. The van der Waals surface area contributed by atoms with Gasteiger partial charge in [-0.1, -0.05) is 13.3 Å². The van der Waals surface area contributed by atoms with E-state index in [0.717, 1.165) is 6.42 Å². The number of nitrogens with zero attached hydrogens (tertiary/aromatic N) is 1. The van der Waals surface area contributed by atoms with Crippen LogP contribution in [0.5, 0.6) is 0 Å². The molecule has 1 atom stereocenters. The van der Waals surface area contributed by atoms with Gasteiger partial charge in [0.2, 0.25) is 0 Å². The van der Waals surface area contributed by atoms with Gasteiger partial charge in [-0.3, -0.25) is 19.7 Å². The molecule has 1 heterocycles. The number of benzene rings is 1. The van der Waals surface area contributed by atoms with Crippen molar-refractivity contribution in [2.45, 2.75) is 65.1 Å². The van der Waals surface area contributed by atoms with Crippen LogP contribution < -0.4 is 10.8 Å². The number of esters is 1. The van der Waals surface area contributed by atoms with Gasteiger partial charge in [0.25, 0.3) is 11.6 Å². The Morgan fingerprint density at radius 2 is 1.77 bits per heavy atom. The number of nitro benzene ring substituents is 1. The van der Waals surface area contributed by atoms with E-state index in [2.05, 4.69) is 5.32 Å². The standard InChI is InChI=1S/C21H31BN2O7/c1-14(19(26)29-6)9-7-8-10-23-18(25)15-11-16(13-17(12-15)24(27)28)22-30-20(2,3)21(4,5)31-22/h11-14H,7-10H2,1-6H3,(H,23,25). The molecule has 9 nitrogen and oxygen atoms in total. The van der Waals surface area contributed by atoms with E-state index in [1.807, 2.05) is 27.7 Å². The number of ether oxygens (including phenoxy) is 1. The van der Waals surface area contributed by atoms with Crippen LogP contribution in [0.15, 0.2) is 18.2 Å². The molecule has 1 aromatic carbocycles. The summed E-state index contributed by atoms with van der Waals surface area (Å²) in [6.07, 6.45) is 2.07. The molecule has 1 amide bonds. The normalized spacial score (nSPS) is 17.8. The van der Waals surface area contributed by atoms with Crippen LogP contribution in [0, 0.1) is 16.0 Å². The van der Waals surface area contributed by atoms with Crippen molar-refractivity contribution in [2.24, 2.45) is 5.92 Å². The number of nitro groups is 1. The van der Waals surface area contributed by atoms with Gasteiger partial charge in [0.1, 0.15) is 0 Å². The lowest BCUT2D eigenvalue weighted by Gasteiger charge is -2.32. The highest BCUT2D eigenvalue weighted by atomic mass is 16.7. The van der Waals surface area contributed by atoms with E-state index >= 15 is 0 Å². The second kappa shape index (κ2) is 9.78. The number of hydrogen-bond acceptors (Lipinski definition) is 7. The summed E-state index contributed by atoms with van der Waals surface area (Å²) >= 11 is 0. The number of non-ortho nitro benzene ring substituents is 1. The quantitative estimate of drug-likeness (QED) is 0.209. The second-order valence-electron chi connectivity index (χ2n) is 8.83. The topological polar surface area (TPSA) is 117 Å². The van der Waals surface area contributed by atoms with Crippen LogP contribution in [-0.2, 0) is 18.8 Å². The van der Waals surface area contributed by atoms with Crippen LogP contribution in [0.1, 0.15) is 64.2 Å². The molecule has 1 N–H and O–H groups in total. The minimum Gasteiger partial charge on any atom is -0.469 e. The average molecular weight is 434 g/mol. The Bertz CT molecular complexity index is 825. The maximum atomic E-state index is 12.6. The Morgan fingerprint density at radius 3 is 2.32 bits per heavy atom. The highest BCUT2D eigenvalue weighted by molar-refractivity contribution is 6.62. The lowest BCUT2D eigenvalue weighted by molar-refractivity contribution is -0.384. The fourth-order valence-corrected chi connectivity index (χ4v) is 3.18. The van der Waals surface area contributed by atoms with Crippen molar-refractivity contribution in [3.63, 3.8) is 0 Å². The van der Waals surface area contributed by atoms with Crippen LogP contribution >= 0.6 is 0 Å². The molecular formula is C21H31BN2O7. The van der Waals surface area contributed by atoms with Crippen LogP contribution in [-0.4, -0.2) is 48.8 Å². The third kappa shape index (κ3) is 6.04. The number of rotatable bonds is 9. The first-order chi connectivity index (χ1) is 14.4. The molecule has 0 spiro atoms. The van der Waals surface area contributed by atoms with Crippen LogP contribution in [0.2, 0.25) is 0 Å². The van der Waals surface area contributed by atoms with Gasteiger partial charge in [-0.25, -0.2) is 0 Å². The summed E-state index contributed by atoms with van der Waals surface area (Å²) in [5.41, 5.74) is -0.825. The number of amides is 1. The maximum Gasteiger partial charge on any atom is 0.495 e. The second-order valence-corrected chi connectivity index (χ2v) is 8.83.